The average molecular weight is 357 g/mol. The SMILES string of the molecule is CO[C@@H]1O[C@@H]2COC(C)(C)O[C@H]2[C@@H]1NS(=O)(=O)Cc1ccccc1. The molecule has 0 radical (unpaired) electrons. The van der Waals surface area contributed by atoms with Gasteiger partial charge in [0.05, 0.1) is 12.4 Å². The third-order valence-electron chi connectivity index (χ3n) is 4.09. The molecule has 134 valence electrons. The Labute approximate surface area is 142 Å². The zero-order valence-electron chi connectivity index (χ0n) is 14.0. The second kappa shape index (κ2) is 6.70. The minimum absolute atomic E-state index is 0.113. The molecule has 0 aromatic heterocycles. The standard InChI is InChI=1S/C16H23NO6S/c1-16(2)21-9-12-14(23-16)13(15(20-3)22-12)17-24(18,19)10-11-7-5-4-6-8-11/h4-8,12-15,17H,9-10H2,1-3H3/t12-,13+,14-,15-/m1/s1. The van der Waals surface area contributed by atoms with Crippen molar-refractivity contribution < 1.29 is 27.4 Å². The number of ether oxygens (including phenoxy) is 4. The molecule has 0 aliphatic carbocycles. The summed E-state index contributed by atoms with van der Waals surface area (Å²) in [5, 5.41) is 0. The van der Waals surface area contributed by atoms with E-state index in [2.05, 4.69) is 4.72 Å². The molecule has 4 atom stereocenters. The van der Waals surface area contributed by atoms with E-state index in [4.69, 9.17) is 18.9 Å². The molecule has 24 heavy (non-hydrogen) atoms. The molecule has 2 aliphatic rings. The maximum absolute atomic E-state index is 12.5. The lowest BCUT2D eigenvalue weighted by molar-refractivity contribution is -0.296. The van der Waals surface area contributed by atoms with Gasteiger partial charge in [0.25, 0.3) is 0 Å². The van der Waals surface area contributed by atoms with Gasteiger partial charge in [-0.3, -0.25) is 0 Å². The summed E-state index contributed by atoms with van der Waals surface area (Å²) in [5.74, 6) is -0.908. The number of hydrogen-bond donors (Lipinski definition) is 1. The predicted octanol–water partition coefficient (Wildman–Crippen LogP) is 0.997. The van der Waals surface area contributed by atoms with Gasteiger partial charge in [-0.05, 0) is 19.4 Å². The monoisotopic (exact) mass is 357 g/mol. The molecule has 2 fully saturated rings. The van der Waals surface area contributed by atoms with Gasteiger partial charge in [-0.15, -0.1) is 0 Å². The Balaban J connectivity index is 1.76. The number of benzene rings is 1. The molecule has 0 spiro atoms. The number of nitrogens with one attached hydrogen (secondary N) is 1. The first-order valence-electron chi connectivity index (χ1n) is 7.84. The Bertz CT molecular complexity index is 662. The normalized spacial score (nSPS) is 32.5. The molecule has 0 amide bonds. The van der Waals surface area contributed by atoms with Crippen LogP contribution in [0.4, 0.5) is 0 Å². The zero-order chi connectivity index (χ0) is 17.4. The first-order chi connectivity index (χ1) is 11.3. The van der Waals surface area contributed by atoms with Crippen LogP contribution in [0.2, 0.25) is 0 Å². The van der Waals surface area contributed by atoms with Crippen LogP contribution in [-0.2, 0) is 34.7 Å². The largest absolute Gasteiger partial charge is 0.354 e. The van der Waals surface area contributed by atoms with E-state index in [1.807, 2.05) is 18.2 Å². The van der Waals surface area contributed by atoms with E-state index in [1.165, 1.54) is 7.11 Å². The number of sulfonamides is 1. The number of rotatable bonds is 5. The Kier molecular flexibility index (Phi) is 4.96. The van der Waals surface area contributed by atoms with Crippen molar-refractivity contribution in [2.24, 2.45) is 0 Å². The van der Waals surface area contributed by atoms with Crippen LogP contribution in [0, 0.1) is 0 Å². The van der Waals surface area contributed by atoms with Gasteiger partial charge >= 0.3 is 0 Å². The zero-order valence-corrected chi connectivity index (χ0v) is 14.8. The van der Waals surface area contributed by atoms with E-state index < -0.39 is 34.2 Å². The van der Waals surface area contributed by atoms with Gasteiger partial charge in [0.2, 0.25) is 10.0 Å². The minimum Gasteiger partial charge on any atom is -0.354 e. The van der Waals surface area contributed by atoms with Gasteiger partial charge in [-0.1, -0.05) is 30.3 Å². The van der Waals surface area contributed by atoms with Crippen LogP contribution in [-0.4, -0.2) is 52.5 Å². The molecule has 7 nitrogen and oxygen atoms in total. The van der Waals surface area contributed by atoms with Crippen molar-refractivity contribution in [3.8, 4) is 0 Å². The van der Waals surface area contributed by atoms with Gasteiger partial charge in [0.15, 0.2) is 12.1 Å². The predicted molar refractivity (Wildman–Crippen MR) is 86.6 cm³/mol. The van der Waals surface area contributed by atoms with E-state index in [1.54, 1.807) is 26.0 Å². The van der Waals surface area contributed by atoms with Crippen LogP contribution in [0.15, 0.2) is 30.3 Å². The van der Waals surface area contributed by atoms with Crippen LogP contribution in [0.1, 0.15) is 19.4 Å². The van der Waals surface area contributed by atoms with Crippen molar-refractivity contribution in [1.82, 2.24) is 4.72 Å². The average Bonchev–Trinajstić information content (AvgIpc) is 2.83. The van der Waals surface area contributed by atoms with Crippen molar-refractivity contribution in [2.45, 2.75) is 49.9 Å². The molecular weight excluding hydrogens is 334 g/mol. The molecule has 0 saturated carbocycles. The summed E-state index contributed by atoms with van der Waals surface area (Å²) < 4.78 is 50.2. The quantitative estimate of drug-likeness (QED) is 0.846. The lowest BCUT2D eigenvalue weighted by Gasteiger charge is -2.38. The smallest absolute Gasteiger partial charge is 0.216 e. The van der Waals surface area contributed by atoms with Gasteiger partial charge < -0.3 is 18.9 Å². The van der Waals surface area contributed by atoms with Crippen LogP contribution >= 0.6 is 0 Å². The molecule has 8 heteroatoms. The Morgan fingerprint density at radius 1 is 1.29 bits per heavy atom. The highest BCUT2D eigenvalue weighted by molar-refractivity contribution is 7.88. The third-order valence-corrected chi connectivity index (χ3v) is 5.43. The lowest BCUT2D eigenvalue weighted by atomic mass is 10.1. The molecule has 1 N–H and O–H groups in total. The van der Waals surface area contributed by atoms with E-state index in [0.29, 0.717) is 12.2 Å². The maximum atomic E-state index is 12.5. The summed E-state index contributed by atoms with van der Waals surface area (Å²) in [6, 6.07) is 8.38. The van der Waals surface area contributed by atoms with E-state index in [0.717, 1.165) is 0 Å². The highest BCUT2D eigenvalue weighted by Gasteiger charge is 2.52. The van der Waals surface area contributed by atoms with Crippen LogP contribution in [0.5, 0.6) is 0 Å². The van der Waals surface area contributed by atoms with Gasteiger partial charge in [0, 0.05) is 7.11 Å². The van der Waals surface area contributed by atoms with E-state index in [9.17, 15) is 8.42 Å². The minimum atomic E-state index is -3.58. The van der Waals surface area contributed by atoms with Crippen molar-refractivity contribution in [3.63, 3.8) is 0 Å². The summed E-state index contributed by atoms with van der Waals surface area (Å²) in [7, 11) is -2.10. The molecule has 0 bridgehead atoms. The van der Waals surface area contributed by atoms with Gasteiger partial charge in [-0.2, -0.15) is 0 Å². The Hall–Kier alpha value is -1.03. The molecule has 1 aromatic rings. The summed E-state index contributed by atoms with van der Waals surface area (Å²) in [6.07, 6.45) is -1.56. The van der Waals surface area contributed by atoms with Gasteiger partial charge in [0.1, 0.15) is 18.2 Å². The fourth-order valence-electron chi connectivity index (χ4n) is 3.02. The van der Waals surface area contributed by atoms with Crippen molar-refractivity contribution in [2.75, 3.05) is 13.7 Å². The topological polar surface area (TPSA) is 83.1 Å². The summed E-state index contributed by atoms with van der Waals surface area (Å²) in [6.45, 7) is 3.91. The second-order valence-corrected chi connectivity index (χ2v) is 8.21. The number of hydrogen-bond acceptors (Lipinski definition) is 6. The third kappa shape index (κ3) is 3.96. The fourth-order valence-corrected chi connectivity index (χ4v) is 4.39. The first-order valence-corrected chi connectivity index (χ1v) is 9.49. The molecule has 2 saturated heterocycles. The highest BCUT2D eigenvalue weighted by Crippen LogP contribution is 2.33. The number of methoxy groups -OCH3 is 1. The van der Waals surface area contributed by atoms with Crippen molar-refractivity contribution in [1.29, 1.82) is 0 Å². The summed E-state index contributed by atoms with van der Waals surface area (Å²) >= 11 is 0. The Morgan fingerprint density at radius 3 is 2.67 bits per heavy atom. The fraction of sp³-hybridized carbons (Fsp3) is 0.625. The molecule has 3 rings (SSSR count). The molecule has 2 aliphatic heterocycles. The second-order valence-electron chi connectivity index (χ2n) is 6.46. The first kappa shape index (κ1) is 17.8. The highest BCUT2D eigenvalue weighted by atomic mass is 32.2. The molecule has 1 aromatic carbocycles. The summed E-state index contributed by atoms with van der Waals surface area (Å²) in [4.78, 5) is 0. The van der Waals surface area contributed by atoms with Gasteiger partial charge in [-0.25, -0.2) is 13.1 Å². The lowest BCUT2D eigenvalue weighted by Crippen LogP contribution is -2.55. The van der Waals surface area contributed by atoms with Crippen LogP contribution < -0.4 is 4.72 Å². The van der Waals surface area contributed by atoms with E-state index in [-0.39, 0.29) is 11.9 Å². The summed E-state index contributed by atoms with van der Waals surface area (Å²) in [5.41, 5.74) is 0.711. The van der Waals surface area contributed by atoms with Crippen molar-refractivity contribution >= 4 is 10.0 Å². The molecular formula is C16H23NO6S. The van der Waals surface area contributed by atoms with E-state index >= 15 is 0 Å². The van der Waals surface area contributed by atoms with Crippen LogP contribution in [0.3, 0.4) is 0 Å². The maximum Gasteiger partial charge on any atom is 0.216 e. The van der Waals surface area contributed by atoms with Crippen LogP contribution in [0.25, 0.3) is 0 Å². The molecule has 2 heterocycles. The Morgan fingerprint density at radius 2 is 2.00 bits per heavy atom. The van der Waals surface area contributed by atoms with Crippen molar-refractivity contribution in [3.05, 3.63) is 35.9 Å². The number of fused-ring (bicyclic) bond motifs is 1. The molecule has 0 unspecified atom stereocenters.